The van der Waals surface area contributed by atoms with Crippen molar-refractivity contribution >= 4 is 22.5 Å². The zero-order valence-electron chi connectivity index (χ0n) is 15.2. The van der Waals surface area contributed by atoms with Crippen LogP contribution in [0.4, 0.5) is 4.39 Å². The first kappa shape index (κ1) is 17.3. The van der Waals surface area contributed by atoms with Crippen LogP contribution in [-0.2, 0) is 17.9 Å². The van der Waals surface area contributed by atoms with E-state index in [9.17, 15) is 14.0 Å². The second-order valence-electron chi connectivity index (χ2n) is 6.75. The molecule has 5 rings (SSSR count). The summed E-state index contributed by atoms with van der Waals surface area (Å²) < 4.78 is 27.4. The Balaban J connectivity index is 1.43. The maximum atomic E-state index is 13.8. The lowest BCUT2D eigenvalue weighted by atomic mass is 10.2. The Labute approximate surface area is 163 Å². The SMILES string of the molecule is O=C(Cn1c(=O)c2cccn2c2ccc(F)cc21)NCc1ccc2c(c1)OCO2. The zero-order chi connectivity index (χ0) is 20.0. The fourth-order valence-corrected chi connectivity index (χ4v) is 3.54. The first-order valence-corrected chi connectivity index (χ1v) is 9.04. The Morgan fingerprint density at radius 2 is 1.90 bits per heavy atom. The lowest BCUT2D eigenvalue weighted by Gasteiger charge is -2.13. The van der Waals surface area contributed by atoms with Crippen molar-refractivity contribution in [3.8, 4) is 11.5 Å². The molecule has 8 heteroatoms. The number of carbonyl (C=O) groups excluding carboxylic acids is 1. The highest BCUT2D eigenvalue weighted by Crippen LogP contribution is 2.32. The molecule has 2 aromatic heterocycles. The van der Waals surface area contributed by atoms with Crippen LogP contribution in [0.2, 0.25) is 0 Å². The predicted molar refractivity (Wildman–Crippen MR) is 104 cm³/mol. The van der Waals surface area contributed by atoms with Crippen molar-refractivity contribution in [3.05, 3.63) is 76.5 Å². The van der Waals surface area contributed by atoms with E-state index in [1.807, 2.05) is 6.07 Å². The molecule has 0 fully saturated rings. The standard InChI is InChI=1S/C21H16FN3O4/c22-14-4-5-15-17(9-14)25(21(27)16-2-1-7-24(15)16)11-20(26)23-10-13-3-6-18-19(8-13)29-12-28-18/h1-9H,10-12H2,(H,23,26). The highest BCUT2D eigenvalue weighted by molar-refractivity contribution is 5.82. The first-order valence-electron chi connectivity index (χ1n) is 9.04. The minimum Gasteiger partial charge on any atom is -0.454 e. The van der Waals surface area contributed by atoms with Crippen LogP contribution in [0, 0.1) is 5.82 Å². The number of hydrogen-bond donors (Lipinski definition) is 1. The van der Waals surface area contributed by atoms with E-state index in [0.29, 0.717) is 28.0 Å². The highest BCUT2D eigenvalue weighted by atomic mass is 19.1. The molecule has 1 N–H and O–H groups in total. The van der Waals surface area contributed by atoms with Crippen LogP contribution in [0.15, 0.2) is 59.5 Å². The minimum absolute atomic E-state index is 0.180. The average Bonchev–Trinajstić information content (AvgIpc) is 3.38. The molecule has 0 unspecified atom stereocenters. The number of carbonyl (C=O) groups is 1. The summed E-state index contributed by atoms with van der Waals surface area (Å²) in [7, 11) is 0. The van der Waals surface area contributed by atoms with E-state index in [1.54, 1.807) is 40.9 Å². The molecule has 0 aliphatic carbocycles. The molecule has 0 bridgehead atoms. The minimum atomic E-state index is -0.474. The number of nitrogens with one attached hydrogen (secondary N) is 1. The van der Waals surface area contributed by atoms with Gasteiger partial charge in [-0.1, -0.05) is 6.07 Å². The third-order valence-corrected chi connectivity index (χ3v) is 4.93. The summed E-state index contributed by atoms with van der Waals surface area (Å²) in [5.74, 6) is 0.470. The quantitative estimate of drug-likeness (QED) is 0.578. The van der Waals surface area contributed by atoms with E-state index in [-0.39, 0.29) is 31.3 Å². The molecule has 0 radical (unpaired) electrons. The van der Waals surface area contributed by atoms with Crippen molar-refractivity contribution in [3.63, 3.8) is 0 Å². The van der Waals surface area contributed by atoms with Gasteiger partial charge < -0.3 is 19.2 Å². The summed E-state index contributed by atoms with van der Waals surface area (Å²) in [6.45, 7) is 0.231. The fraction of sp³-hybridized carbons (Fsp3) is 0.143. The second kappa shape index (κ2) is 6.66. The number of aromatic nitrogens is 2. The number of nitrogens with zero attached hydrogens (tertiary/aromatic N) is 2. The molecule has 4 aromatic rings. The van der Waals surface area contributed by atoms with Gasteiger partial charge in [0.05, 0.1) is 11.0 Å². The molecular formula is C21H16FN3O4. The van der Waals surface area contributed by atoms with Crippen LogP contribution in [0.25, 0.3) is 16.6 Å². The fourth-order valence-electron chi connectivity index (χ4n) is 3.54. The smallest absolute Gasteiger partial charge is 0.275 e. The van der Waals surface area contributed by atoms with Crippen LogP contribution >= 0.6 is 0 Å². The molecule has 0 spiro atoms. The third-order valence-electron chi connectivity index (χ3n) is 4.93. The van der Waals surface area contributed by atoms with Gasteiger partial charge in [0.15, 0.2) is 11.5 Å². The normalized spacial score (nSPS) is 12.6. The van der Waals surface area contributed by atoms with Crippen LogP contribution in [0.5, 0.6) is 11.5 Å². The summed E-state index contributed by atoms with van der Waals surface area (Å²) in [6.07, 6.45) is 1.74. The van der Waals surface area contributed by atoms with Gasteiger partial charge >= 0.3 is 0 Å². The van der Waals surface area contributed by atoms with Gasteiger partial charge in [0.2, 0.25) is 12.7 Å². The molecule has 7 nitrogen and oxygen atoms in total. The number of fused-ring (bicyclic) bond motifs is 4. The molecular weight excluding hydrogens is 377 g/mol. The van der Waals surface area contributed by atoms with Gasteiger partial charge in [-0.2, -0.15) is 0 Å². The van der Waals surface area contributed by atoms with Gasteiger partial charge in [-0.25, -0.2) is 4.39 Å². The molecule has 0 saturated heterocycles. The van der Waals surface area contributed by atoms with E-state index < -0.39 is 5.82 Å². The number of benzene rings is 2. The Morgan fingerprint density at radius 3 is 2.79 bits per heavy atom. The number of halogens is 1. The van der Waals surface area contributed by atoms with Crippen molar-refractivity contribution in [2.75, 3.05) is 6.79 Å². The summed E-state index contributed by atoms with van der Waals surface area (Å²) in [5, 5.41) is 2.79. The van der Waals surface area contributed by atoms with Crippen molar-refractivity contribution < 1.29 is 18.7 Å². The van der Waals surface area contributed by atoms with Gasteiger partial charge in [0.25, 0.3) is 5.56 Å². The zero-order valence-corrected chi connectivity index (χ0v) is 15.2. The Hall–Kier alpha value is -3.81. The van der Waals surface area contributed by atoms with E-state index in [1.165, 1.54) is 16.7 Å². The largest absolute Gasteiger partial charge is 0.454 e. The number of ether oxygens (including phenoxy) is 2. The number of amides is 1. The summed E-state index contributed by atoms with van der Waals surface area (Å²) >= 11 is 0. The lowest BCUT2D eigenvalue weighted by Crippen LogP contribution is -2.33. The Morgan fingerprint density at radius 1 is 1.03 bits per heavy atom. The van der Waals surface area contributed by atoms with Gasteiger partial charge in [-0.15, -0.1) is 0 Å². The topological polar surface area (TPSA) is 74.0 Å². The highest BCUT2D eigenvalue weighted by Gasteiger charge is 2.16. The van der Waals surface area contributed by atoms with Gasteiger partial charge in [0.1, 0.15) is 17.9 Å². The average molecular weight is 393 g/mol. The third kappa shape index (κ3) is 2.98. The van der Waals surface area contributed by atoms with Crippen LogP contribution < -0.4 is 20.3 Å². The molecule has 3 heterocycles. The molecule has 1 amide bonds. The molecule has 0 saturated carbocycles. The summed E-state index contributed by atoms with van der Waals surface area (Å²) in [4.78, 5) is 25.4. The van der Waals surface area contributed by atoms with Crippen molar-refractivity contribution in [1.82, 2.24) is 14.3 Å². The molecule has 29 heavy (non-hydrogen) atoms. The van der Waals surface area contributed by atoms with Crippen LogP contribution in [-0.4, -0.2) is 21.7 Å². The van der Waals surface area contributed by atoms with Crippen molar-refractivity contribution in [2.24, 2.45) is 0 Å². The van der Waals surface area contributed by atoms with E-state index in [0.717, 1.165) is 5.56 Å². The van der Waals surface area contributed by atoms with E-state index in [4.69, 9.17) is 9.47 Å². The molecule has 2 aromatic carbocycles. The maximum Gasteiger partial charge on any atom is 0.275 e. The Bertz CT molecular complexity index is 1320. The molecule has 1 aliphatic heterocycles. The van der Waals surface area contributed by atoms with E-state index >= 15 is 0 Å². The van der Waals surface area contributed by atoms with Gasteiger partial charge in [-0.3, -0.25) is 14.2 Å². The number of hydrogen-bond acceptors (Lipinski definition) is 4. The van der Waals surface area contributed by atoms with Crippen LogP contribution in [0.3, 0.4) is 0 Å². The lowest BCUT2D eigenvalue weighted by molar-refractivity contribution is -0.121. The van der Waals surface area contributed by atoms with E-state index in [2.05, 4.69) is 5.32 Å². The van der Waals surface area contributed by atoms with Gasteiger partial charge in [-0.05, 0) is 48.0 Å². The summed E-state index contributed by atoms with van der Waals surface area (Å²) in [5.41, 5.74) is 1.92. The second-order valence-corrected chi connectivity index (χ2v) is 6.75. The van der Waals surface area contributed by atoms with Crippen molar-refractivity contribution in [1.29, 1.82) is 0 Å². The predicted octanol–water partition coefficient (Wildman–Crippen LogP) is 2.44. The maximum absolute atomic E-state index is 13.8. The molecule has 146 valence electrons. The monoisotopic (exact) mass is 393 g/mol. The molecule has 1 aliphatic rings. The summed E-state index contributed by atoms with van der Waals surface area (Å²) in [6, 6.07) is 13.0. The van der Waals surface area contributed by atoms with Crippen LogP contribution in [0.1, 0.15) is 5.56 Å². The van der Waals surface area contributed by atoms with Crippen molar-refractivity contribution in [2.45, 2.75) is 13.1 Å². The number of rotatable bonds is 4. The molecule has 0 atom stereocenters. The first-order chi connectivity index (χ1) is 14.1. The van der Waals surface area contributed by atoms with Gasteiger partial charge in [0, 0.05) is 12.7 Å². The Kier molecular flexibility index (Phi) is 3.97.